The van der Waals surface area contributed by atoms with Crippen LogP contribution in [0.3, 0.4) is 0 Å². The summed E-state index contributed by atoms with van der Waals surface area (Å²) in [4.78, 5) is 12.7. The van der Waals surface area contributed by atoms with Crippen molar-refractivity contribution in [3.05, 3.63) is 88.6 Å². The zero-order valence-corrected chi connectivity index (χ0v) is 12.6. The molecule has 3 aromatic rings. The summed E-state index contributed by atoms with van der Waals surface area (Å²) in [5.41, 5.74) is 0.929. The van der Waals surface area contributed by atoms with Gasteiger partial charge < -0.3 is 4.74 Å². The second kappa shape index (κ2) is 6.87. The van der Waals surface area contributed by atoms with Crippen LogP contribution in [-0.4, -0.2) is 5.78 Å². The van der Waals surface area contributed by atoms with E-state index >= 15 is 0 Å². The van der Waals surface area contributed by atoms with Gasteiger partial charge in [0.1, 0.15) is 11.5 Å². The molecule has 0 fully saturated rings. The van der Waals surface area contributed by atoms with Gasteiger partial charge in [0.25, 0.3) is 0 Å². The van der Waals surface area contributed by atoms with Crippen molar-refractivity contribution < 1.29 is 9.53 Å². The first-order chi connectivity index (χ1) is 10.8. The smallest absolute Gasteiger partial charge is 0.195 e. The normalized spacial score (nSPS) is 10.7. The van der Waals surface area contributed by atoms with E-state index in [0.717, 1.165) is 21.9 Å². The quantitative estimate of drug-likeness (QED) is 0.463. The van der Waals surface area contributed by atoms with Crippen LogP contribution in [0.4, 0.5) is 0 Å². The van der Waals surface area contributed by atoms with E-state index in [2.05, 4.69) is 0 Å². The van der Waals surface area contributed by atoms with Gasteiger partial charge in [-0.05, 0) is 47.4 Å². The lowest BCUT2D eigenvalue weighted by Crippen LogP contribution is -1.89. The largest absolute Gasteiger partial charge is 0.457 e. The number of thiophene rings is 1. The first-order valence-corrected chi connectivity index (χ1v) is 7.78. The first kappa shape index (κ1) is 14.3. The van der Waals surface area contributed by atoms with Crippen molar-refractivity contribution in [2.45, 2.75) is 0 Å². The van der Waals surface area contributed by atoms with Crippen molar-refractivity contribution in [1.82, 2.24) is 0 Å². The van der Waals surface area contributed by atoms with Crippen LogP contribution in [0.2, 0.25) is 0 Å². The van der Waals surface area contributed by atoms with Crippen LogP contribution in [0.1, 0.15) is 15.2 Å². The zero-order chi connectivity index (χ0) is 15.2. The van der Waals surface area contributed by atoms with Crippen molar-refractivity contribution >= 4 is 23.2 Å². The van der Waals surface area contributed by atoms with E-state index in [1.54, 1.807) is 12.2 Å². The van der Waals surface area contributed by atoms with Crippen LogP contribution in [0.25, 0.3) is 6.08 Å². The number of ketones is 1. The Hall–Kier alpha value is -2.65. The average Bonchev–Trinajstić information content (AvgIpc) is 3.08. The molecule has 1 heterocycles. The van der Waals surface area contributed by atoms with E-state index in [9.17, 15) is 4.79 Å². The maximum atomic E-state index is 11.9. The van der Waals surface area contributed by atoms with E-state index in [0.29, 0.717) is 0 Å². The Labute approximate surface area is 133 Å². The maximum Gasteiger partial charge on any atom is 0.195 e. The van der Waals surface area contributed by atoms with Crippen molar-refractivity contribution in [3.8, 4) is 11.5 Å². The standard InChI is InChI=1S/C19H14O2S/c20-18(19-10-5-13-22-19)12-11-15-6-4-9-17(14-15)21-16-7-2-1-3-8-16/h1-14H/b12-11+. The minimum Gasteiger partial charge on any atom is -0.457 e. The van der Waals surface area contributed by atoms with E-state index in [4.69, 9.17) is 4.74 Å². The molecule has 0 saturated heterocycles. The predicted molar refractivity (Wildman–Crippen MR) is 90.6 cm³/mol. The molecule has 0 aliphatic rings. The van der Waals surface area contributed by atoms with Crippen LogP contribution in [0.15, 0.2) is 78.2 Å². The van der Waals surface area contributed by atoms with Gasteiger partial charge >= 0.3 is 0 Å². The minimum absolute atomic E-state index is 0.0179. The lowest BCUT2D eigenvalue weighted by molar-refractivity contribution is 0.105. The van der Waals surface area contributed by atoms with Crippen molar-refractivity contribution in [2.24, 2.45) is 0 Å². The van der Waals surface area contributed by atoms with Gasteiger partial charge in [-0.25, -0.2) is 0 Å². The topological polar surface area (TPSA) is 26.3 Å². The molecule has 3 rings (SSSR count). The lowest BCUT2D eigenvalue weighted by atomic mass is 10.2. The molecule has 0 atom stereocenters. The maximum absolute atomic E-state index is 11.9. The summed E-state index contributed by atoms with van der Waals surface area (Å²) in [6.07, 6.45) is 3.40. The van der Waals surface area contributed by atoms with E-state index < -0.39 is 0 Å². The summed E-state index contributed by atoms with van der Waals surface area (Å²) in [5, 5.41) is 1.90. The highest BCUT2D eigenvalue weighted by atomic mass is 32.1. The van der Waals surface area contributed by atoms with Crippen LogP contribution < -0.4 is 4.74 Å². The van der Waals surface area contributed by atoms with Crippen LogP contribution in [0.5, 0.6) is 11.5 Å². The number of carbonyl (C=O) groups is 1. The molecule has 0 aliphatic carbocycles. The van der Waals surface area contributed by atoms with Crippen LogP contribution >= 0.6 is 11.3 Å². The third-order valence-electron chi connectivity index (χ3n) is 3.03. The Balaban J connectivity index is 1.73. The molecule has 0 amide bonds. The van der Waals surface area contributed by atoms with Gasteiger partial charge in [-0.1, -0.05) is 42.5 Å². The van der Waals surface area contributed by atoms with Gasteiger partial charge in [0, 0.05) is 0 Å². The summed E-state index contributed by atoms with van der Waals surface area (Å²) < 4.78 is 5.78. The molecule has 22 heavy (non-hydrogen) atoms. The summed E-state index contributed by atoms with van der Waals surface area (Å²) in [6.45, 7) is 0. The number of para-hydroxylation sites is 1. The fourth-order valence-electron chi connectivity index (χ4n) is 1.98. The van der Waals surface area contributed by atoms with Gasteiger partial charge in [0.15, 0.2) is 5.78 Å². The molecule has 0 bridgehead atoms. The summed E-state index contributed by atoms with van der Waals surface area (Å²) >= 11 is 1.45. The molecule has 108 valence electrons. The number of rotatable bonds is 5. The Morgan fingerprint density at radius 3 is 2.50 bits per heavy atom. The average molecular weight is 306 g/mol. The molecule has 0 unspecified atom stereocenters. The fraction of sp³-hybridized carbons (Fsp3) is 0. The zero-order valence-electron chi connectivity index (χ0n) is 11.8. The molecule has 2 aromatic carbocycles. The summed E-state index contributed by atoms with van der Waals surface area (Å²) in [7, 11) is 0. The summed E-state index contributed by atoms with van der Waals surface area (Å²) in [5.74, 6) is 1.56. The lowest BCUT2D eigenvalue weighted by Gasteiger charge is -2.05. The van der Waals surface area contributed by atoms with Crippen LogP contribution in [-0.2, 0) is 0 Å². The predicted octanol–water partition coefficient (Wildman–Crippen LogP) is 5.44. The molecule has 0 spiro atoms. The Kier molecular flexibility index (Phi) is 4.47. The molecule has 0 N–H and O–H groups in total. The van der Waals surface area contributed by atoms with Gasteiger partial charge in [-0.3, -0.25) is 4.79 Å². The first-order valence-electron chi connectivity index (χ1n) is 6.90. The molecule has 2 nitrogen and oxygen atoms in total. The molecule has 0 radical (unpaired) electrons. The second-order valence-corrected chi connectivity index (χ2v) is 5.61. The number of carbonyl (C=O) groups excluding carboxylic acids is 1. The highest BCUT2D eigenvalue weighted by molar-refractivity contribution is 7.12. The van der Waals surface area contributed by atoms with Crippen molar-refractivity contribution in [2.75, 3.05) is 0 Å². The Morgan fingerprint density at radius 2 is 1.73 bits per heavy atom. The van der Waals surface area contributed by atoms with Gasteiger partial charge in [-0.15, -0.1) is 11.3 Å². The molecule has 0 aliphatic heterocycles. The fourth-order valence-corrected chi connectivity index (χ4v) is 2.62. The number of ether oxygens (including phenoxy) is 1. The second-order valence-electron chi connectivity index (χ2n) is 4.66. The minimum atomic E-state index is 0.0179. The monoisotopic (exact) mass is 306 g/mol. The van der Waals surface area contributed by atoms with Crippen molar-refractivity contribution in [1.29, 1.82) is 0 Å². The number of allylic oxidation sites excluding steroid dienone is 1. The highest BCUT2D eigenvalue weighted by Gasteiger charge is 2.02. The number of hydrogen-bond donors (Lipinski definition) is 0. The number of hydrogen-bond acceptors (Lipinski definition) is 3. The van der Waals surface area contributed by atoms with E-state index in [-0.39, 0.29) is 5.78 Å². The Bertz CT molecular complexity index is 774. The molecular weight excluding hydrogens is 292 g/mol. The summed E-state index contributed by atoms with van der Waals surface area (Å²) in [6, 6.07) is 21.0. The van der Waals surface area contributed by atoms with Gasteiger partial charge in [0.2, 0.25) is 0 Å². The SMILES string of the molecule is O=C(/C=C/c1cccc(Oc2ccccc2)c1)c1cccs1. The molecule has 1 aromatic heterocycles. The van der Waals surface area contributed by atoms with Crippen LogP contribution in [0, 0.1) is 0 Å². The molecular formula is C19H14O2S. The van der Waals surface area contributed by atoms with Crippen molar-refractivity contribution in [3.63, 3.8) is 0 Å². The van der Waals surface area contributed by atoms with Gasteiger partial charge in [-0.2, -0.15) is 0 Å². The van der Waals surface area contributed by atoms with E-state index in [1.807, 2.05) is 72.1 Å². The van der Waals surface area contributed by atoms with E-state index in [1.165, 1.54) is 11.3 Å². The molecule has 0 saturated carbocycles. The Morgan fingerprint density at radius 1 is 0.909 bits per heavy atom. The third kappa shape index (κ3) is 3.71. The third-order valence-corrected chi connectivity index (χ3v) is 3.91. The molecule has 3 heteroatoms. The highest BCUT2D eigenvalue weighted by Crippen LogP contribution is 2.22. The number of benzene rings is 2. The van der Waals surface area contributed by atoms with Gasteiger partial charge in [0.05, 0.1) is 4.88 Å².